The molecule has 1 atom stereocenters. The number of halogens is 2. The molecule has 1 unspecified atom stereocenters. The van der Waals surface area contributed by atoms with Gasteiger partial charge >= 0.3 is 0 Å². The molecule has 3 rings (SSSR count). The molecule has 3 amide bonds. The first kappa shape index (κ1) is 24.0. The monoisotopic (exact) mass is 477 g/mol. The van der Waals surface area contributed by atoms with E-state index in [0.29, 0.717) is 39.7 Å². The lowest BCUT2D eigenvalue weighted by Crippen LogP contribution is -2.40. The smallest absolute Gasteiger partial charge is 0.250 e. The number of hydrogen-bond acceptors (Lipinski definition) is 4. The van der Waals surface area contributed by atoms with Crippen LogP contribution in [0.1, 0.15) is 56.2 Å². The molecule has 1 aromatic heterocycles. The SMILES string of the molecule is CCn1ccc(C(C)(C)C(=O)NCc2cc(Cl)c(C3CCC(=O)NC3=O)c(Cl)c2)cc1=O. The molecule has 170 valence electrons. The Labute approximate surface area is 196 Å². The second kappa shape index (κ2) is 9.46. The van der Waals surface area contributed by atoms with Gasteiger partial charge in [0.2, 0.25) is 17.7 Å². The van der Waals surface area contributed by atoms with Gasteiger partial charge in [0, 0.05) is 47.4 Å². The molecule has 7 nitrogen and oxygen atoms in total. The summed E-state index contributed by atoms with van der Waals surface area (Å²) in [5.74, 6) is -1.58. The van der Waals surface area contributed by atoms with E-state index in [1.54, 1.807) is 42.8 Å². The first-order chi connectivity index (χ1) is 15.0. The number of carbonyl (C=O) groups excluding carboxylic acids is 3. The van der Waals surface area contributed by atoms with Crippen LogP contribution in [0, 0.1) is 0 Å². The van der Waals surface area contributed by atoms with E-state index in [4.69, 9.17) is 23.2 Å². The van der Waals surface area contributed by atoms with Crippen molar-refractivity contribution in [2.24, 2.45) is 0 Å². The second-order valence-electron chi connectivity index (χ2n) is 8.32. The number of hydrogen-bond donors (Lipinski definition) is 2. The van der Waals surface area contributed by atoms with Crippen molar-refractivity contribution in [3.8, 4) is 0 Å². The average molecular weight is 478 g/mol. The van der Waals surface area contributed by atoms with Crippen molar-refractivity contribution in [3.63, 3.8) is 0 Å². The summed E-state index contributed by atoms with van der Waals surface area (Å²) in [5, 5.41) is 5.78. The van der Waals surface area contributed by atoms with Crippen LogP contribution < -0.4 is 16.2 Å². The Morgan fingerprint density at radius 2 is 1.84 bits per heavy atom. The van der Waals surface area contributed by atoms with E-state index in [1.165, 1.54) is 6.07 Å². The van der Waals surface area contributed by atoms with Gasteiger partial charge in [-0.1, -0.05) is 23.2 Å². The summed E-state index contributed by atoms with van der Waals surface area (Å²) in [7, 11) is 0. The maximum Gasteiger partial charge on any atom is 0.250 e. The Bertz CT molecular complexity index is 1120. The first-order valence-corrected chi connectivity index (χ1v) is 11.1. The van der Waals surface area contributed by atoms with Gasteiger partial charge in [-0.3, -0.25) is 24.5 Å². The van der Waals surface area contributed by atoms with Gasteiger partial charge < -0.3 is 9.88 Å². The highest BCUT2D eigenvalue weighted by Gasteiger charge is 2.32. The highest BCUT2D eigenvalue weighted by atomic mass is 35.5. The van der Waals surface area contributed by atoms with Crippen molar-refractivity contribution in [2.75, 3.05) is 0 Å². The molecule has 1 aliphatic heterocycles. The Morgan fingerprint density at radius 1 is 1.19 bits per heavy atom. The topological polar surface area (TPSA) is 97.3 Å². The number of carbonyl (C=O) groups is 3. The summed E-state index contributed by atoms with van der Waals surface area (Å²) in [4.78, 5) is 48.6. The van der Waals surface area contributed by atoms with E-state index < -0.39 is 17.2 Å². The fraction of sp³-hybridized carbons (Fsp3) is 0.391. The zero-order valence-corrected chi connectivity index (χ0v) is 19.6. The number of nitrogens with zero attached hydrogens (tertiary/aromatic N) is 1. The number of benzene rings is 1. The first-order valence-electron chi connectivity index (χ1n) is 10.3. The Morgan fingerprint density at radius 3 is 2.41 bits per heavy atom. The maximum atomic E-state index is 12.9. The molecule has 0 aliphatic carbocycles. The van der Waals surface area contributed by atoms with Crippen LogP contribution in [0.4, 0.5) is 0 Å². The predicted molar refractivity (Wildman–Crippen MR) is 123 cm³/mol. The number of pyridine rings is 1. The van der Waals surface area contributed by atoms with Crippen LogP contribution in [0.5, 0.6) is 0 Å². The molecule has 1 aliphatic rings. The van der Waals surface area contributed by atoms with Crippen LogP contribution in [0.15, 0.2) is 35.3 Å². The lowest BCUT2D eigenvalue weighted by molar-refractivity contribution is -0.134. The lowest BCUT2D eigenvalue weighted by Gasteiger charge is -2.25. The number of aromatic nitrogens is 1. The highest BCUT2D eigenvalue weighted by molar-refractivity contribution is 6.36. The minimum atomic E-state index is -0.924. The molecule has 2 aromatic rings. The third-order valence-corrected chi connectivity index (χ3v) is 6.43. The summed E-state index contributed by atoms with van der Waals surface area (Å²) in [6, 6.07) is 6.56. The minimum absolute atomic E-state index is 0.159. The minimum Gasteiger partial charge on any atom is -0.351 e. The number of imide groups is 1. The van der Waals surface area contributed by atoms with E-state index in [9.17, 15) is 19.2 Å². The van der Waals surface area contributed by atoms with E-state index in [-0.39, 0.29) is 30.3 Å². The van der Waals surface area contributed by atoms with Gasteiger partial charge in [-0.25, -0.2) is 0 Å². The average Bonchev–Trinajstić information content (AvgIpc) is 2.72. The largest absolute Gasteiger partial charge is 0.351 e. The van der Waals surface area contributed by atoms with Gasteiger partial charge in [0.05, 0.1) is 11.3 Å². The van der Waals surface area contributed by atoms with E-state index >= 15 is 0 Å². The van der Waals surface area contributed by atoms with Crippen LogP contribution >= 0.6 is 23.2 Å². The van der Waals surface area contributed by atoms with Gasteiger partial charge in [-0.2, -0.15) is 0 Å². The van der Waals surface area contributed by atoms with Crippen molar-refractivity contribution < 1.29 is 14.4 Å². The molecule has 1 saturated heterocycles. The molecule has 0 saturated carbocycles. The van der Waals surface area contributed by atoms with Crippen molar-refractivity contribution >= 4 is 40.9 Å². The molecule has 2 N–H and O–H groups in total. The molecule has 0 spiro atoms. The third kappa shape index (κ3) is 4.89. The normalized spacial score (nSPS) is 16.6. The van der Waals surface area contributed by atoms with Gasteiger partial charge in [0.25, 0.3) is 5.56 Å². The number of amides is 3. The number of rotatable bonds is 6. The molecule has 1 aromatic carbocycles. The molecule has 0 bridgehead atoms. The zero-order chi connectivity index (χ0) is 23.6. The lowest BCUT2D eigenvalue weighted by atomic mass is 9.84. The molecule has 32 heavy (non-hydrogen) atoms. The summed E-state index contributed by atoms with van der Waals surface area (Å²) in [6.45, 7) is 6.10. The molecule has 1 fully saturated rings. The van der Waals surface area contributed by atoms with Crippen LogP contribution in [-0.4, -0.2) is 22.3 Å². The number of piperidine rings is 1. The van der Waals surface area contributed by atoms with Gasteiger partial charge in [0.1, 0.15) is 0 Å². The van der Waals surface area contributed by atoms with Crippen LogP contribution in [0.2, 0.25) is 10.0 Å². The summed E-state index contributed by atoms with van der Waals surface area (Å²) in [5.41, 5.74) is 0.681. The Balaban J connectivity index is 1.74. The highest BCUT2D eigenvalue weighted by Crippen LogP contribution is 2.37. The molecular formula is C23H25Cl2N3O4. The maximum absolute atomic E-state index is 12.9. The van der Waals surface area contributed by atoms with Gasteiger partial charge in [0.15, 0.2) is 0 Å². The fourth-order valence-corrected chi connectivity index (χ4v) is 4.53. The second-order valence-corrected chi connectivity index (χ2v) is 9.14. The van der Waals surface area contributed by atoms with Crippen LogP contribution in [0.3, 0.4) is 0 Å². The van der Waals surface area contributed by atoms with Gasteiger partial charge in [-0.05, 0) is 56.5 Å². The predicted octanol–water partition coefficient (Wildman–Crippen LogP) is 3.29. The van der Waals surface area contributed by atoms with Crippen LogP contribution in [-0.2, 0) is 32.9 Å². The standard InChI is InChI=1S/C23H25Cl2N3O4/c1-4-28-8-7-14(11-19(28)30)23(2,3)22(32)26-12-13-9-16(24)20(17(25)10-13)15-5-6-18(29)27-21(15)31/h7-11,15H,4-6,12H2,1-3H3,(H,26,32)(H,27,29,31). The van der Waals surface area contributed by atoms with Crippen molar-refractivity contribution in [2.45, 2.75) is 58.0 Å². The summed E-state index contributed by atoms with van der Waals surface area (Å²) in [6.07, 6.45) is 2.24. The van der Waals surface area contributed by atoms with E-state index in [0.717, 1.165) is 0 Å². The summed E-state index contributed by atoms with van der Waals surface area (Å²) >= 11 is 12.8. The van der Waals surface area contributed by atoms with Crippen molar-refractivity contribution in [1.29, 1.82) is 0 Å². The van der Waals surface area contributed by atoms with Crippen molar-refractivity contribution in [3.05, 3.63) is 67.6 Å². The number of nitrogens with one attached hydrogen (secondary N) is 2. The molecular weight excluding hydrogens is 453 g/mol. The van der Waals surface area contributed by atoms with Crippen LogP contribution in [0.25, 0.3) is 0 Å². The molecule has 2 heterocycles. The summed E-state index contributed by atoms with van der Waals surface area (Å²) < 4.78 is 1.56. The van der Waals surface area contributed by atoms with Crippen molar-refractivity contribution in [1.82, 2.24) is 15.2 Å². The Hall–Kier alpha value is -2.64. The Kier molecular flexibility index (Phi) is 7.10. The van der Waals surface area contributed by atoms with Gasteiger partial charge in [-0.15, -0.1) is 0 Å². The van der Waals surface area contributed by atoms with E-state index in [1.807, 2.05) is 6.92 Å². The zero-order valence-electron chi connectivity index (χ0n) is 18.1. The quantitative estimate of drug-likeness (QED) is 0.623. The number of aryl methyl sites for hydroxylation is 1. The fourth-order valence-electron chi connectivity index (χ4n) is 3.73. The molecule has 0 radical (unpaired) electrons. The van der Waals surface area contributed by atoms with E-state index in [2.05, 4.69) is 10.6 Å². The third-order valence-electron chi connectivity index (χ3n) is 5.81. The molecule has 9 heteroatoms.